The van der Waals surface area contributed by atoms with Gasteiger partial charge < -0.3 is 5.11 Å². The van der Waals surface area contributed by atoms with Crippen LogP contribution in [0.5, 0.6) is 0 Å². The van der Waals surface area contributed by atoms with E-state index in [9.17, 15) is 17.6 Å². The van der Waals surface area contributed by atoms with Gasteiger partial charge in [0.05, 0.1) is 12.0 Å². The molecule has 1 rings (SSSR count). The number of rotatable bonds is 1. The van der Waals surface area contributed by atoms with Crippen molar-refractivity contribution >= 4 is 0 Å². The predicted octanol–water partition coefficient (Wildman–Crippen LogP) is 1.74. The topological polar surface area (TPSA) is 20.2 Å². The Morgan fingerprint density at radius 3 is 1.85 bits per heavy atom. The lowest BCUT2D eigenvalue weighted by Crippen LogP contribution is -2.55. The molecular formula is C8H12F4O. The van der Waals surface area contributed by atoms with Crippen molar-refractivity contribution in [1.82, 2.24) is 0 Å². The number of aliphatic hydroxyl groups is 1. The van der Waals surface area contributed by atoms with E-state index < -0.39 is 43.1 Å². The normalized spacial score (nSPS) is 52.2. The summed E-state index contributed by atoms with van der Waals surface area (Å²) in [7, 11) is 0. The fraction of sp³-hybridized carbons (Fsp3) is 1.00. The molecule has 0 spiro atoms. The second-order valence-corrected chi connectivity index (χ2v) is 3.74. The highest BCUT2D eigenvalue weighted by atomic mass is 19.2. The highest BCUT2D eigenvalue weighted by Gasteiger charge is 2.54. The van der Waals surface area contributed by atoms with Gasteiger partial charge in [0.1, 0.15) is 24.7 Å². The molecule has 1 nitrogen and oxygen atoms in total. The lowest BCUT2D eigenvalue weighted by atomic mass is 9.71. The standard InChI is InChI=1S/C8H12F4O/c1-8(3-13)6(11)4(9)2-5(10)7(8)12/h4-7,13H,2-3H2,1H3/t4-,5+,6-,7+,8?. The van der Waals surface area contributed by atoms with Crippen molar-refractivity contribution in [2.24, 2.45) is 5.41 Å². The summed E-state index contributed by atoms with van der Waals surface area (Å²) in [6.45, 7) is 0.122. The molecule has 0 saturated heterocycles. The van der Waals surface area contributed by atoms with Crippen molar-refractivity contribution < 1.29 is 22.7 Å². The first-order chi connectivity index (χ1) is 5.93. The van der Waals surface area contributed by atoms with Crippen molar-refractivity contribution in [3.05, 3.63) is 0 Å². The maximum absolute atomic E-state index is 13.1. The van der Waals surface area contributed by atoms with E-state index in [1.807, 2.05) is 0 Å². The molecule has 0 amide bonds. The molecule has 5 heteroatoms. The first-order valence-electron chi connectivity index (χ1n) is 4.10. The number of hydrogen-bond donors (Lipinski definition) is 1. The summed E-state index contributed by atoms with van der Waals surface area (Å²) in [6.07, 6.45) is -9.10. The van der Waals surface area contributed by atoms with Crippen molar-refractivity contribution in [3.63, 3.8) is 0 Å². The van der Waals surface area contributed by atoms with Crippen LogP contribution in [0.25, 0.3) is 0 Å². The van der Waals surface area contributed by atoms with Crippen LogP contribution in [0.15, 0.2) is 0 Å². The Kier molecular flexibility index (Phi) is 2.85. The second-order valence-electron chi connectivity index (χ2n) is 3.74. The fourth-order valence-electron chi connectivity index (χ4n) is 1.61. The molecule has 1 aliphatic carbocycles. The largest absolute Gasteiger partial charge is 0.396 e. The summed E-state index contributed by atoms with van der Waals surface area (Å²) in [6, 6.07) is 0. The Bertz CT molecular complexity index is 173. The van der Waals surface area contributed by atoms with Crippen molar-refractivity contribution in [2.75, 3.05) is 6.61 Å². The SMILES string of the molecule is CC1(CO)[C@H](F)[C@H](F)C[C@H](F)[C@@H]1F. The second kappa shape index (κ2) is 3.44. The molecule has 78 valence electrons. The Labute approximate surface area is 73.7 Å². The molecule has 1 N–H and O–H groups in total. The Hall–Kier alpha value is -0.320. The lowest BCUT2D eigenvalue weighted by Gasteiger charge is -2.41. The van der Waals surface area contributed by atoms with E-state index in [1.54, 1.807) is 0 Å². The third-order valence-corrected chi connectivity index (χ3v) is 2.69. The predicted molar refractivity (Wildman–Crippen MR) is 39.4 cm³/mol. The van der Waals surface area contributed by atoms with E-state index in [0.717, 1.165) is 6.92 Å². The molecule has 13 heavy (non-hydrogen) atoms. The zero-order valence-electron chi connectivity index (χ0n) is 7.18. The van der Waals surface area contributed by atoms with Crippen LogP contribution >= 0.6 is 0 Å². The van der Waals surface area contributed by atoms with Crippen LogP contribution < -0.4 is 0 Å². The van der Waals surface area contributed by atoms with E-state index in [1.165, 1.54) is 0 Å². The number of aliphatic hydroxyl groups excluding tert-OH is 1. The van der Waals surface area contributed by atoms with Crippen LogP contribution in [-0.4, -0.2) is 36.4 Å². The molecule has 0 aromatic rings. The molecular weight excluding hydrogens is 188 g/mol. The van der Waals surface area contributed by atoms with Gasteiger partial charge in [-0.1, -0.05) is 6.92 Å². The molecule has 1 unspecified atom stereocenters. The van der Waals surface area contributed by atoms with E-state index in [-0.39, 0.29) is 0 Å². The first kappa shape index (κ1) is 10.8. The maximum Gasteiger partial charge on any atom is 0.142 e. The Morgan fingerprint density at radius 2 is 1.54 bits per heavy atom. The lowest BCUT2D eigenvalue weighted by molar-refractivity contribution is -0.115. The Morgan fingerprint density at radius 1 is 1.15 bits per heavy atom. The average molecular weight is 200 g/mol. The molecule has 0 heterocycles. The van der Waals surface area contributed by atoms with Crippen LogP contribution in [0, 0.1) is 5.41 Å². The summed E-state index contributed by atoms with van der Waals surface area (Å²) in [4.78, 5) is 0. The molecule has 0 aromatic carbocycles. The minimum Gasteiger partial charge on any atom is -0.396 e. The molecule has 0 bridgehead atoms. The van der Waals surface area contributed by atoms with Crippen LogP contribution in [0.1, 0.15) is 13.3 Å². The smallest absolute Gasteiger partial charge is 0.142 e. The van der Waals surface area contributed by atoms with Gasteiger partial charge in [-0.05, 0) is 0 Å². The zero-order chi connectivity index (χ0) is 10.2. The summed E-state index contributed by atoms with van der Waals surface area (Å²) in [5.74, 6) is 0. The number of hydrogen-bond acceptors (Lipinski definition) is 1. The quantitative estimate of drug-likeness (QED) is 0.639. The van der Waals surface area contributed by atoms with Crippen LogP contribution in [0.3, 0.4) is 0 Å². The van der Waals surface area contributed by atoms with Crippen molar-refractivity contribution in [3.8, 4) is 0 Å². The van der Waals surface area contributed by atoms with Crippen LogP contribution in [-0.2, 0) is 0 Å². The van der Waals surface area contributed by atoms with Gasteiger partial charge in [0.2, 0.25) is 0 Å². The molecule has 0 aliphatic heterocycles. The van der Waals surface area contributed by atoms with Crippen LogP contribution in [0.4, 0.5) is 17.6 Å². The Balaban J connectivity index is 2.88. The van der Waals surface area contributed by atoms with Gasteiger partial charge in [-0.2, -0.15) is 0 Å². The highest BCUT2D eigenvalue weighted by Crippen LogP contribution is 2.42. The zero-order valence-corrected chi connectivity index (χ0v) is 7.18. The first-order valence-corrected chi connectivity index (χ1v) is 4.10. The maximum atomic E-state index is 13.1. The third-order valence-electron chi connectivity index (χ3n) is 2.69. The van der Waals surface area contributed by atoms with Gasteiger partial charge in [0.25, 0.3) is 0 Å². The van der Waals surface area contributed by atoms with Crippen molar-refractivity contribution in [2.45, 2.75) is 38.0 Å². The summed E-state index contributed by atoms with van der Waals surface area (Å²) in [5, 5.41) is 8.71. The monoisotopic (exact) mass is 200 g/mol. The molecule has 1 fully saturated rings. The van der Waals surface area contributed by atoms with Gasteiger partial charge in [-0.25, -0.2) is 17.6 Å². The number of halogens is 4. The molecule has 5 atom stereocenters. The van der Waals surface area contributed by atoms with Gasteiger partial charge >= 0.3 is 0 Å². The summed E-state index contributed by atoms with van der Waals surface area (Å²) >= 11 is 0. The molecule has 0 aromatic heterocycles. The third kappa shape index (κ3) is 1.54. The average Bonchev–Trinajstić information content (AvgIpc) is 2.12. The van der Waals surface area contributed by atoms with Gasteiger partial charge in [-0.15, -0.1) is 0 Å². The van der Waals surface area contributed by atoms with E-state index in [2.05, 4.69) is 0 Å². The molecule has 0 radical (unpaired) electrons. The molecule has 1 saturated carbocycles. The van der Waals surface area contributed by atoms with Crippen LogP contribution in [0.2, 0.25) is 0 Å². The fourth-order valence-corrected chi connectivity index (χ4v) is 1.61. The molecule has 1 aliphatic rings. The van der Waals surface area contributed by atoms with Gasteiger partial charge in [-0.3, -0.25) is 0 Å². The van der Waals surface area contributed by atoms with Crippen molar-refractivity contribution in [1.29, 1.82) is 0 Å². The highest BCUT2D eigenvalue weighted by molar-refractivity contribution is 5.01. The minimum atomic E-state index is -2.14. The van der Waals surface area contributed by atoms with Gasteiger partial charge in [0, 0.05) is 6.42 Å². The van der Waals surface area contributed by atoms with Gasteiger partial charge in [0.15, 0.2) is 0 Å². The number of alkyl halides is 4. The summed E-state index contributed by atoms with van der Waals surface area (Å²) < 4.78 is 51.8. The summed E-state index contributed by atoms with van der Waals surface area (Å²) in [5.41, 5.74) is -1.95. The van der Waals surface area contributed by atoms with E-state index >= 15 is 0 Å². The van der Waals surface area contributed by atoms with E-state index in [4.69, 9.17) is 5.11 Å². The van der Waals surface area contributed by atoms with E-state index in [0.29, 0.717) is 0 Å². The minimum absolute atomic E-state index is 0.766.